The van der Waals surface area contributed by atoms with Crippen LogP contribution >= 0.6 is 0 Å². The first-order chi connectivity index (χ1) is 8.67. The van der Waals surface area contributed by atoms with Gasteiger partial charge in [-0.1, -0.05) is 6.92 Å². The van der Waals surface area contributed by atoms with Gasteiger partial charge in [0.25, 0.3) is 0 Å². The standard InChI is InChI=1S/C14H27N3O/c1-5-17(9-6-8-16(3)4)12-13-7-10-18-14(13)11-15-2/h7,10,15H,5-6,8-9,11-12H2,1-4H3. The minimum Gasteiger partial charge on any atom is -0.468 e. The molecule has 1 heterocycles. The van der Waals surface area contributed by atoms with Gasteiger partial charge in [-0.3, -0.25) is 4.90 Å². The molecule has 1 rings (SSSR count). The van der Waals surface area contributed by atoms with Crippen LogP contribution in [0.2, 0.25) is 0 Å². The van der Waals surface area contributed by atoms with Crippen LogP contribution in [0.5, 0.6) is 0 Å². The molecular formula is C14H27N3O. The summed E-state index contributed by atoms with van der Waals surface area (Å²) in [6.45, 7) is 7.37. The van der Waals surface area contributed by atoms with E-state index in [0.29, 0.717) is 0 Å². The number of furan rings is 1. The second-order valence-corrected chi connectivity index (χ2v) is 4.92. The van der Waals surface area contributed by atoms with Crippen LogP contribution in [0.25, 0.3) is 0 Å². The zero-order chi connectivity index (χ0) is 13.4. The molecule has 1 aromatic heterocycles. The fourth-order valence-corrected chi connectivity index (χ4v) is 2.02. The molecule has 0 unspecified atom stereocenters. The quantitative estimate of drug-likeness (QED) is 0.727. The first kappa shape index (κ1) is 15.2. The van der Waals surface area contributed by atoms with E-state index < -0.39 is 0 Å². The van der Waals surface area contributed by atoms with Gasteiger partial charge in [0.05, 0.1) is 12.8 Å². The molecule has 0 aliphatic rings. The van der Waals surface area contributed by atoms with Crippen LogP contribution in [0, 0.1) is 0 Å². The van der Waals surface area contributed by atoms with Crippen molar-refractivity contribution in [3.05, 3.63) is 23.7 Å². The van der Waals surface area contributed by atoms with E-state index in [9.17, 15) is 0 Å². The highest BCUT2D eigenvalue weighted by molar-refractivity contribution is 5.16. The maximum absolute atomic E-state index is 5.50. The second kappa shape index (κ2) is 8.29. The Hall–Kier alpha value is -0.840. The van der Waals surface area contributed by atoms with Crippen LogP contribution in [0.3, 0.4) is 0 Å². The van der Waals surface area contributed by atoms with Gasteiger partial charge in [-0.2, -0.15) is 0 Å². The Morgan fingerprint density at radius 3 is 2.67 bits per heavy atom. The van der Waals surface area contributed by atoms with Gasteiger partial charge in [0.1, 0.15) is 5.76 Å². The lowest BCUT2D eigenvalue weighted by Crippen LogP contribution is -2.27. The van der Waals surface area contributed by atoms with Gasteiger partial charge in [-0.15, -0.1) is 0 Å². The zero-order valence-corrected chi connectivity index (χ0v) is 12.2. The lowest BCUT2D eigenvalue weighted by molar-refractivity contribution is 0.257. The van der Waals surface area contributed by atoms with E-state index in [0.717, 1.165) is 38.5 Å². The topological polar surface area (TPSA) is 31.6 Å². The summed E-state index contributed by atoms with van der Waals surface area (Å²) in [6.07, 6.45) is 3.00. The van der Waals surface area contributed by atoms with Crippen molar-refractivity contribution in [2.24, 2.45) is 0 Å². The summed E-state index contributed by atoms with van der Waals surface area (Å²) in [5.74, 6) is 1.06. The maximum Gasteiger partial charge on any atom is 0.122 e. The molecule has 0 aliphatic carbocycles. The first-order valence-corrected chi connectivity index (χ1v) is 6.74. The van der Waals surface area contributed by atoms with Gasteiger partial charge in [-0.25, -0.2) is 0 Å². The van der Waals surface area contributed by atoms with Crippen molar-refractivity contribution in [2.45, 2.75) is 26.4 Å². The number of hydrogen-bond donors (Lipinski definition) is 1. The lowest BCUT2D eigenvalue weighted by Gasteiger charge is -2.21. The Kier molecular flexibility index (Phi) is 7.01. The third-order valence-corrected chi connectivity index (χ3v) is 3.10. The Bertz CT molecular complexity index is 323. The lowest BCUT2D eigenvalue weighted by atomic mass is 10.2. The molecule has 0 bridgehead atoms. The van der Waals surface area contributed by atoms with Crippen molar-refractivity contribution in [1.82, 2.24) is 15.1 Å². The Labute approximate surface area is 111 Å². The monoisotopic (exact) mass is 253 g/mol. The molecule has 0 saturated carbocycles. The maximum atomic E-state index is 5.50. The van der Waals surface area contributed by atoms with Crippen LogP contribution in [-0.4, -0.2) is 50.6 Å². The van der Waals surface area contributed by atoms with E-state index >= 15 is 0 Å². The Balaban J connectivity index is 2.43. The summed E-state index contributed by atoms with van der Waals surface area (Å²) in [5, 5.41) is 3.14. The minimum absolute atomic E-state index is 0.803. The van der Waals surface area contributed by atoms with Gasteiger partial charge in [-0.05, 0) is 53.3 Å². The van der Waals surface area contributed by atoms with Crippen LogP contribution in [0.1, 0.15) is 24.7 Å². The van der Waals surface area contributed by atoms with Crippen molar-refractivity contribution in [2.75, 3.05) is 40.8 Å². The van der Waals surface area contributed by atoms with Gasteiger partial charge in [0, 0.05) is 12.1 Å². The first-order valence-electron chi connectivity index (χ1n) is 6.74. The van der Waals surface area contributed by atoms with Crippen LogP contribution in [0.4, 0.5) is 0 Å². The third-order valence-electron chi connectivity index (χ3n) is 3.10. The molecule has 104 valence electrons. The van der Waals surface area contributed by atoms with Gasteiger partial charge in [0.2, 0.25) is 0 Å². The molecule has 0 spiro atoms. The number of nitrogens with zero attached hydrogens (tertiary/aromatic N) is 2. The summed E-state index contributed by atoms with van der Waals surface area (Å²) in [7, 11) is 6.19. The highest BCUT2D eigenvalue weighted by Crippen LogP contribution is 2.13. The van der Waals surface area contributed by atoms with E-state index in [1.807, 2.05) is 7.05 Å². The third kappa shape index (κ3) is 5.21. The number of rotatable bonds is 9. The smallest absolute Gasteiger partial charge is 0.122 e. The largest absolute Gasteiger partial charge is 0.468 e. The second-order valence-electron chi connectivity index (χ2n) is 4.92. The van der Waals surface area contributed by atoms with Crippen molar-refractivity contribution in [1.29, 1.82) is 0 Å². The fourth-order valence-electron chi connectivity index (χ4n) is 2.02. The van der Waals surface area contributed by atoms with Gasteiger partial charge >= 0.3 is 0 Å². The predicted octanol–water partition coefficient (Wildman–Crippen LogP) is 1.77. The van der Waals surface area contributed by atoms with E-state index in [4.69, 9.17) is 4.42 Å². The molecule has 0 atom stereocenters. The van der Waals surface area contributed by atoms with Crippen molar-refractivity contribution < 1.29 is 4.42 Å². The van der Waals surface area contributed by atoms with Crippen LogP contribution < -0.4 is 5.32 Å². The molecule has 0 aromatic carbocycles. The molecule has 0 fully saturated rings. The minimum atomic E-state index is 0.803. The highest BCUT2D eigenvalue weighted by atomic mass is 16.3. The highest BCUT2D eigenvalue weighted by Gasteiger charge is 2.09. The average molecular weight is 253 g/mol. The SMILES string of the molecule is CCN(CCCN(C)C)Cc1ccoc1CNC. The molecule has 4 heteroatoms. The fraction of sp³-hybridized carbons (Fsp3) is 0.714. The molecule has 0 radical (unpaired) electrons. The van der Waals surface area contributed by atoms with Crippen molar-refractivity contribution in [3.63, 3.8) is 0 Å². The summed E-state index contributed by atoms with van der Waals surface area (Å²) in [5.41, 5.74) is 1.30. The van der Waals surface area contributed by atoms with Gasteiger partial charge < -0.3 is 14.6 Å². The van der Waals surface area contributed by atoms with E-state index in [1.54, 1.807) is 6.26 Å². The van der Waals surface area contributed by atoms with Crippen LogP contribution in [0.15, 0.2) is 16.7 Å². The van der Waals surface area contributed by atoms with Gasteiger partial charge in [0.15, 0.2) is 0 Å². The molecule has 4 nitrogen and oxygen atoms in total. The normalized spacial score (nSPS) is 11.7. The predicted molar refractivity (Wildman–Crippen MR) is 75.6 cm³/mol. The van der Waals surface area contributed by atoms with Crippen molar-refractivity contribution >= 4 is 0 Å². The zero-order valence-electron chi connectivity index (χ0n) is 12.2. The van der Waals surface area contributed by atoms with E-state index in [-0.39, 0.29) is 0 Å². The number of nitrogens with one attached hydrogen (secondary N) is 1. The van der Waals surface area contributed by atoms with E-state index in [2.05, 4.69) is 42.2 Å². The Morgan fingerprint density at radius 1 is 1.28 bits per heavy atom. The molecule has 1 aromatic rings. The summed E-state index contributed by atoms with van der Waals surface area (Å²) < 4.78 is 5.50. The molecule has 1 N–H and O–H groups in total. The molecule has 0 aliphatic heterocycles. The summed E-state index contributed by atoms with van der Waals surface area (Å²) >= 11 is 0. The molecule has 18 heavy (non-hydrogen) atoms. The Morgan fingerprint density at radius 2 is 2.06 bits per heavy atom. The van der Waals surface area contributed by atoms with Crippen molar-refractivity contribution in [3.8, 4) is 0 Å². The number of hydrogen-bond acceptors (Lipinski definition) is 4. The molecule has 0 saturated heterocycles. The average Bonchev–Trinajstić information content (AvgIpc) is 2.75. The summed E-state index contributed by atoms with van der Waals surface area (Å²) in [4.78, 5) is 4.70. The molecular weight excluding hydrogens is 226 g/mol. The molecule has 0 amide bonds. The summed E-state index contributed by atoms with van der Waals surface area (Å²) in [6, 6.07) is 2.08. The van der Waals surface area contributed by atoms with Crippen LogP contribution in [-0.2, 0) is 13.1 Å². The van der Waals surface area contributed by atoms with E-state index in [1.165, 1.54) is 12.0 Å².